The highest BCUT2D eigenvalue weighted by Gasteiger charge is 2.34. The summed E-state index contributed by atoms with van der Waals surface area (Å²) in [5.41, 5.74) is 3.33. The molecule has 2 aromatic rings. The lowest BCUT2D eigenvalue weighted by Gasteiger charge is -2.25. The number of carbonyl (C=O) groups is 3. The maximum Gasteiger partial charge on any atom is 0.414 e. The van der Waals surface area contributed by atoms with Crippen LogP contribution in [0.3, 0.4) is 0 Å². The molecule has 0 saturated carbocycles. The van der Waals surface area contributed by atoms with E-state index in [1.807, 2.05) is 0 Å². The Hall–Kier alpha value is -3.74. The number of hydrazine groups is 1. The van der Waals surface area contributed by atoms with Crippen LogP contribution in [-0.2, 0) is 16.1 Å². The molecular formula is C23H28F2N6O5. The van der Waals surface area contributed by atoms with E-state index in [0.29, 0.717) is 17.9 Å². The number of halogens is 2. The number of aromatic nitrogens is 1. The van der Waals surface area contributed by atoms with Crippen LogP contribution >= 0.6 is 0 Å². The molecule has 1 atom stereocenters. The molecule has 2 aliphatic rings. The van der Waals surface area contributed by atoms with Gasteiger partial charge in [0.1, 0.15) is 29.0 Å². The van der Waals surface area contributed by atoms with Crippen LogP contribution in [0.25, 0.3) is 0 Å². The van der Waals surface area contributed by atoms with Crippen LogP contribution in [0.5, 0.6) is 0 Å². The summed E-state index contributed by atoms with van der Waals surface area (Å²) < 4.78 is 40.4. The zero-order valence-electron chi connectivity index (χ0n) is 20.1. The number of anilines is 2. The molecule has 0 radical (unpaired) electrons. The Morgan fingerprint density at radius 1 is 1.19 bits per heavy atom. The summed E-state index contributed by atoms with van der Waals surface area (Å²) in [6, 6.07) is 3.49. The second-order valence-electron chi connectivity index (χ2n) is 8.75. The van der Waals surface area contributed by atoms with E-state index < -0.39 is 29.9 Å². The van der Waals surface area contributed by atoms with Crippen LogP contribution < -0.4 is 20.5 Å². The van der Waals surface area contributed by atoms with Gasteiger partial charge in [-0.2, -0.15) is 0 Å². The molecule has 36 heavy (non-hydrogen) atoms. The van der Waals surface area contributed by atoms with Crippen molar-refractivity contribution in [1.29, 1.82) is 0 Å². The Kier molecular flexibility index (Phi) is 7.67. The van der Waals surface area contributed by atoms with Crippen molar-refractivity contribution in [2.45, 2.75) is 39.3 Å². The SMILES string of the molecule is CC(=O)CC[C@H]1CN(c2cc(F)c(N3CCNN(C(=O)NCc4cc(C)on4)CC3)c(F)c2)C(=O)O1. The third kappa shape index (κ3) is 5.90. The molecule has 0 aliphatic carbocycles. The van der Waals surface area contributed by atoms with Crippen molar-refractivity contribution in [3.05, 3.63) is 41.3 Å². The molecule has 11 nitrogen and oxygen atoms in total. The summed E-state index contributed by atoms with van der Waals surface area (Å²) in [6.07, 6.45) is -0.624. The van der Waals surface area contributed by atoms with E-state index in [0.717, 1.165) is 17.0 Å². The van der Waals surface area contributed by atoms with Gasteiger partial charge in [-0.1, -0.05) is 5.16 Å². The summed E-state index contributed by atoms with van der Waals surface area (Å²) in [5.74, 6) is -1.06. The number of rotatable bonds is 7. The highest BCUT2D eigenvalue weighted by molar-refractivity contribution is 5.90. The standard InChI is InChI=1S/C23H28F2N6O5/c1-14(32)3-4-18-13-30(23(34)35-18)17-10-19(24)21(20(25)11-17)29-6-5-27-31(8-7-29)22(33)26-12-16-9-15(2)36-28-16/h9-11,18,27H,3-8,12-13H2,1-2H3,(H,26,33)/t18-/m0/s1. The van der Waals surface area contributed by atoms with Gasteiger partial charge in [-0.15, -0.1) is 0 Å². The first kappa shape index (κ1) is 25.4. The second-order valence-corrected chi connectivity index (χ2v) is 8.75. The van der Waals surface area contributed by atoms with E-state index in [1.165, 1.54) is 16.8 Å². The van der Waals surface area contributed by atoms with Gasteiger partial charge in [0.2, 0.25) is 0 Å². The fraction of sp³-hybridized carbons (Fsp3) is 0.478. The van der Waals surface area contributed by atoms with Crippen LogP contribution in [0.1, 0.15) is 31.2 Å². The van der Waals surface area contributed by atoms with Gasteiger partial charge in [0.15, 0.2) is 11.6 Å². The Morgan fingerprint density at radius 3 is 2.61 bits per heavy atom. The van der Waals surface area contributed by atoms with Crippen molar-refractivity contribution >= 4 is 29.3 Å². The molecule has 0 spiro atoms. The Morgan fingerprint density at radius 2 is 1.94 bits per heavy atom. The number of aryl methyl sites for hydroxylation is 1. The largest absolute Gasteiger partial charge is 0.444 e. The molecule has 1 aromatic carbocycles. The van der Waals surface area contributed by atoms with Crippen molar-refractivity contribution in [3.63, 3.8) is 0 Å². The number of nitrogens with one attached hydrogen (secondary N) is 2. The Balaban J connectivity index is 1.38. The van der Waals surface area contributed by atoms with E-state index >= 15 is 8.78 Å². The number of urea groups is 1. The molecule has 2 aliphatic heterocycles. The number of ketones is 1. The molecule has 194 valence electrons. The summed E-state index contributed by atoms with van der Waals surface area (Å²) in [4.78, 5) is 38.6. The van der Waals surface area contributed by atoms with Crippen LogP contribution in [0, 0.1) is 18.6 Å². The number of amides is 3. The molecule has 4 rings (SSSR count). The number of hydrogen-bond donors (Lipinski definition) is 2. The number of carbonyl (C=O) groups excluding carboxylic acids is 3. The minimum atomic E-state index is -0.829. The number of hydrogen-bond acceptors (Lipinski definition) is 8. The maximum absolute atomic E-state index is 15.1. The molecule has 3 amide bonds. The van der Waals surface area contributed by atoms with Gasteiger partial charge in [-0.25, -0.2) is 23.8 Å². The number of Topliss-reactive ketones (excluding diaryl/α,β-unsaturated/α-hetero) is 1. The average Bonchev–Trinajstić information content (AvgIpc) is 3.32. The van der Waals surface area contributed by atoms with Crippen molar-refractivity contribution in [2.75, 3.05) is 42.5 Å². The third-order valence-electron chi connectivity index (χ3n) is 5.94. The van der Waals surface area contributed by atoms with Gasteiger partial charge in [0, 0.05) is 44.3 Å². The van der Waals surface area contributed by atoms with Gasteiger partial charge < -0.3 is 24.3 Å². The fourth-order valence-corrected chi connectivity index (χ4v) is 4.15. The lowest BCUT2D eigenvalue weighted by molar-refractivity contribution is -0.117. The number of benzene rings is 1. The predicted octanol–water partition coefficient (Wildman–Crippen LogP) is 2.49. The van der Waals surface area contributed by atoms with Gasteiger partial charge in [-0.3, -0.25) is 9.91 Å². The van der Waals surface area contributed by atoms with Crippen molar-refractivity contribution < 1.29 is 32.4 Å². The van der Waals surface area contributed by atoms with Crippen molar-refractivity contribution in [1.82, 2.24) is 20.9 Å². The zero-order valence-corrected chi connectivity index (χ0v) is 20.1. The molecule has 2 N–H and O–H groups in total. The lowest BCUT2D eigenvalue weighted by atomic mass is 10.1. The van der Waals surface area contributed by atoms with E-state index in [-0.39, 0.29) is 62.8 Å². The van der Waals surface area contributed by atoms with Crippen molar-refractivity contribution in [3.8, 4) is 0 Å². The van der Waals surface area contributed by atoms with E-state index in [4.69, 9.17) is 9.26 Å². The molecule has 0 bridgehead atoms. The molecule has 1 aromatic heterocycles. The topological polar surface area (TPSA) is 120 Å². The number of ether oxygens (including phenoxy) is 1. The Bertz CT molecular complexity index is 1120. The molecule has 0 unspecified atom stereocenters. The average molecular weight is 507 g/mol. The number of cyclic esters (lactones) is 1. The first-order chi connectivity index (χ1) is 17.2. The minimum absolute atomic E-state index is 0.0287. The van der Waals surface area contributed by atoms with Crippen LogP contribution in [0.4, 0.5) is 29.7 Å². The fourth-order valence-electron chi connectivity index (χ4n) is 4.15. The third-order valence-corrected chi connectivity index (χ3v) is 5.94. The normalized spacial score (nSPS) is 18.3. The first-order valence-corrected chi connectivity index (χ1v) is 11.6. The van der Waals surface area contributed by atoms with Crippen LogP contribution in [0.15, 0.2) is 22.7 Å². The number of nitrogens with zero attached hydrogens (tertiary/aromatic N) is 4. The smallest absolute Gasteiger partial charge is 0.414 e. The Labute approximate surface area is 206 Å². The summed E-state index contributed by atoms with van der Waals surface area (Å²) in [7, 11) is 0. The van der Waals surface area contributed by atoms with Gasteiger partial charge >= 0.3 is 12.1 Å². The molecular weight excluding hydrogens is 478 g/mol. The van der Waals surface area contributed by atoms with E-state index in [9.17, 15) is 14.4 Å². The van der Waals surface area contributed by atoms with Crippen molar-refractivity contribution in [2.24, 2.45) is 0 Å². The monoisotopic (exact) mass is 506 g/mol. The van der Waals surface area contributed by atoms with Crippen LogP contribution in [-0.4, -0.2) is 66.9 Å². The van der Waals surface area contributed by atoms with Crippen LogP contribution in [0.2, 0.25) is 0 Å². The molecule has 2 fully saturated rings. The van der Waals surface area contributed by atoms with Gasteiger partial charge in [0.05, 0.1) is 25.3 Å². The molecule has 3 heterocycles. The predicted molar refractivity (Wildman–Crippen MR) is 124 cm³/mol. The molecule has 13 heteroatoms. The second kappa shape index (κ2) is 10.9. The maximum atomic E-state index is 15.1. The lowest BCUT2D eigenvalue weighted by Crippen LogP contribution is -2.48. The summed E-state index contributed by atoms with van der Waals surface area (Å²) >= 11 is 0. The van der Waals surface area contributed by atoms with E-state index in [2.05, 4.69) is 15.9 Å². The molecule has 2 saturated heterocycles. The summed E-state index contributed by atoms with van der Waals surface area (Å²) in [6.45, 7) is 4.34. The highest BCUT2D eigenvalue weighted by atomic mass is 19.1. The summed E-state index contributed by atoms with van der Waals surface area (Å²) in [5, 5.41) is 7.88. The van der Waals surface area contributed by atoms with Gasteiger partial charge in [-0.05, 0) is 20.3 Å². The first-order valence-electron chi connectivity index (χ1n) is 11.6. The van der Waals surface area contributed by atoms with Gasteiger partial charge in [0.25, 0.3) is 0 Å². The quantitative estimate of drug-likeness (QED) is 0.588. The highest BCUT2D eigenvalue weighted by Crippen LogP contribution is 2.31. The van der Waals surface area contributed by atoms with E-state index in [1.54, 1.807) is 13.0 Å². The zero-order chi connectivity index (χ0) is 25.8. The minimum Gasteiger partial charge on any atom is -0.444 e.